The fraction of sp³-hybridized carbons (Fsp3) is 0.211. The molecule has 3 rings (SSSR count). The molecule has 0 atom stereocenters. The number of aryl methyl sites for hydroxylation is 3. The normalized spacial score (nSPS) is 12.2. The van der Waals surface area contributed by atoms with Gasteiger partial charge in [0.1, 0.15) is 11.6 Å². The van der Waals surface area contributed by atoms with Crippen molar-refractivity contribution in [1.82, 2.24) is 9.78 Å². The lowest BCUT2D eigenvalue weighted by atomic mass is 10.2. The molecule has 1 N–H and O–H groups in total. The number of sulfonamides is 1. The fourth-order valence-corrected chi connectivity index (χ4v) is 4.37. The summed E-state index contributed by atoms with van der Waals surface area (Å²) in [5.41, 5.74) is 2.70. The Hall–Kier alpha value is -2.78. The number of anilines is 1. The summed E-state index contributed by atoms with van der Waals surface area (Å²) in [4.78, 5) is 12.6. The number of benzene rings is 2. The minimum absolute atomic E-state index is 0.0970. The van der Waals surface area contributed by atoms with Crippen LogP contribution in [0.1, 0.15) is 16.1 Å². The van der Waals surface area contributed by atoms with Gasteiger partial charge in [-0.05, 0) is 45.0 Å². The minimum Gasteiger partial charge on any atom is -0.324 e. The van der Waals surface area contributed by atoms with Gasteiger partial charge < -0.3 is 5.32 Å². The third kappa shape index (κ3) is 4.93. The second-order valence-corrected chi connectivity index (χ2v) is 9.12. The van der Waals surface area contributed by atoms with E-state index < -0.39 is 10.0 Å². The molecule has 7 nitrogen and oxygen atoms in total. The average Bonchev–Trinajstić information content (AvgIpc) is 2.95. The van der Waals surface area contributed by atoms with Gasteiger partial charge in [0.05, 0.1) is 4.90 Å². The molecule has 0 fully saturated rings. The lowest BCUT2D eigenvalue weighted by Gasteiger charge is -2.06. The molecule has 0 radical (unpaired) electrons. The number of rotatable bonds is 5. The molecule has 9 heteroatoms. The quantitative estimate of drug-likeness (QED) is 0.692. The summed E-state index contributed by atoms with van der Waals surface area (Å²) in [6.45, 7) is 5.43. The summed E-state index contributed by atoms with van der Waals surface area (Å²) in [5, 5.41) is 7.60. The van der Waals surface area contributed by atoms with E-state index in [1.807, 2.05) is 26.0 Å². The van der Waals surface area contributed by atoms with Crippen LogP contribution in [0.2, 0.25) is 0 Å². The highest BCUT2D eigenvalue weighted by Crippen LogP contribution is 2.13. The van der Waals surface area contributed by atoms with Crippen LogP contribution in [0.4, 0.5) is 5.69 Å². The zero-order chi connectivity index (χ0) is 20.3. The maximum atomic E-state index is 12.6. The van der Waals surface area contributed by atoms with E-state index in [1.54, 1.807) is 31.2 Å². The molecule has 146 valence electrons. The second kappa shape index (κ2) is 8.07. The van der Waals surface area contributed by atoms with Crippen LogP contribution in [0.25, 0.3) is 0 Å². The molecule has 0 bridgehead atoms. The number of carbonyl (C=O) groups excluding carboxylic acids is 1. The van der Waals surface area contributed by atoms with Crippen molar-refractivity contribution in [2.24, 2.45) is 4.40 Å². The third-order valence-electron chi connectivity index (χ3n) is 3.87. The van der Waals surface area contributed by atoms with Crippen molar-refractivity contribution in [3.05, 3.63) is 69.5 Å². The zero-order valence-electron chi connectivity index (χ0n) is 15.7. The predicted molar refractivity (Wildman–Crippen MR) is 109 cm³/mol. The summed E-state index contributed by atoms with van der Waals surface area (Å²) in [5.74, 6) is -0.316. The van der Waals surface area contributed by atoms with Crippen LogP contribution >= 0.6 is 11.3 Å². The highest BCUT2D eigenvalue weighted by molar-refractivity contribution is 7.90. The molecule has 1 aromatic heterocycles. The molecule has 0 spiro atoms. The summed E-state index contributed by atoms with van der Waals surface area (Å²) >= 11 is 1.12. The topological polar surface area (TPSA) is 93.4 Å². The molecule has 28 heavy (non-hydrogen) atoms. The molecule has 3 aromatic rings. The largest absolute Gasteiger partial charge is 0.324 e. The lowest BCUT2D eigenvalue weighted by molar-refractivity contribution is -0.117. The van der Waals surface area contributed by atoms with E-state index >= 15 is 0 Å². The van der Waals surface area contributed by atoms with E-state index in [9.17, 15) is 13.2 Å². The first-order valence-corrected chi connectivity index (χ1v) is 10.8. The Morgan fingerprint density at radius 2 is 1.61 bits per heavy atom. The van der Waals surface area contributed by atoms with E-state index in [4.69, 9.17) is 0 Å². The van der Waals surface area contributed by atoms with E-state index in [2.05, 4.69) is 14.8 Å². The smallest absolute Gasteiger partial charge is 0.285 e. The maximum absolute atomic E-state index is 12.6. The van der Waals surface area contributed by atoms with Gasteiger partial charge in [0.2, 0.25) is 10.7 Å². The first-order valence-electron chi connectivity index (χ1n) is 8.52. The van der Waals surface area contributed by atoms with Crippen LogP contribution in [0.3, 0.4) is 0 Å². The Balaban J connectivity index is 1.86. The van der Waals surface area contributed by atoms with Crippen LogP contribution in [0.15, 0.2) is 57.8 Å². The van der Waals surface area contributed by atoms with Crippen LogP contribution in [-0.4, -0.2) is 24.1 Å². The zero-order valence-corrected chi connectivity index (χ0v) is 17.3. The molecular weight excluding hydrogens is 396 g/mol. The van der Waals surface area contributed by atoms with Gasteiger partial charge in [-0.3, -0.25) is 4.79 Å². The fourth-order valence-electron chi connectivity index (χ4n) is 2.43. The van der Waals surface area contributed by atoms with E-state index in [1.165, 1.54) is 16.8 Å². The first-order chi connectivity index (χ1) is 13.2. The number of nitrogens with one attached hydrogen (secondary N) is 1. The number of carbonyl (C=O) groups is 1. The van der Waals surface area contributed by atoms with Crippen molar-refractivity contribution in [3.8, 4) is 0 Å². The van der Waals surface area contributed by atoms with Gasteiger partial charge in [-0.2, -0.15) is 13.5 Å². The van der Waals surface area contributed by atoms with Gasteiger partial charge >= 0.3 is 0 Å². The number of amides is 1. The van der Waals surface area contributed by atoms with Crippen LogP contribution in [0, 0.1) is 20.8 Å². The van der Waals surface area contributed by atoms with Gasteiger partial charge in [0, 0.05) is 5.69 Å². The Morgan fingerprint density at radius 1 is 1.04 bits per heavy atom. The van der Waals surface area contributed by atoms with E-state index in [0.29, 0.717) is 10.7 Å². The van der Waals surface area contributed by atoms with Crippen molar-refractivity contribution >= 4 is 33.0 Å². The SMILES string of the molecule is Cc1ccc(NC(=O)Cn2nc(C)s/c2=N\S(=O)(=O)c2ccc(C)cc2)cc1. The molecule has 1 amide bonds. The van der Waals surface area contributed by atoms with E-state index in [0.717, 1.165) is 22.5 Å². The second-order valence-electron chi connectivity index (χ2n) is 6.35. The first kappa shape index (κ1) is 20.0. The summed E-state index contributed by atoms with van der Waals surface area (Å²) in [7, 11) is -3.90. The highest BCUT2D eigenvalue weighted by atomic mass is 32.2. The Bertz CT molecular complexity index is 1160. The maximum Gasteiger partial charge on any atom is 0.285 e. The molecule has 0 saturated carbocycles. The average molecular weight is 417 g/mol. The number of nitrogens with zero attached hydrogens (tertiary/aromatic N) is 3. The molecule has 0 aliphatic rings. The summed E-state index contributed by atoms with van der Waals surface area (Å²) in [6, 6.07) is 13.8. The van der Waals surface area contributed by atoms with Gasteiger partial charge in [-0.15, -0.1) is 4.40 Å². The van der Waals surface area contributed by atoms with Crippen molar-refractivity contribution in [3.63, 3.8) is 0 Å². The van der Waals surface area contributed by atoms with Gasteiger partial charge in [-0.1, -0.05) is 46.7 Å². The van der Waals surface area contributed by atoms with Crippen LogP contribution < -0.4 is 10.1 Å². The monoisotopic (exact) mass is 416 g/mol. The van der Waals surface area contributed by atoms with E-state index in [-0.39, 0.29) is 22.1 Å². The molecule has 1 heterocycles. The highest BCUT2D eigenvalue weighted by Gasteiger charge is 2.15. The standard InChI is InChI=1S/C19H20N4O3S2/c1-13-4-8-16(9-5-13)20-18(24)12-23-19(27-15(3)21-23)22-28(25,26)17-10-6-14(2)7-11-17/h4-11H,12H2,1-3H3,(H,20,24)/b22-19-. The molecule has 0 saturated heterocycles. The number of hydrogen-bond donors (Lipinski definition) is 1. The predicted octanol–water partition coefficient (Wildman–Crippen LogP) is 2.80. The van der Waals surface area contributed by atoms with Crippen molar-refractivity contribution in [2.75, 3.05) is 5.32 Å². The van der Waals surface area contributed by atoms with Crippen molar-refractivity contribution < 1.29 is 13.2 Å². The molecule has 2 aromatic carbocycles. The Kier molecular flexibility index (Phi) is 5.76. The van der Waals surface area contributed by atoms with Crippen molar-refractivity contribution in [2.45, 2.75) is 32.2 Å². The van der Waals surface area contributed by atoms with Gasteiger partial charge in [0.25, 0.3) is 10.0 Å². The minimum atomic E-state index is -3.90. The van der Waals surface area contributed by atoms with Crippen molar-refractivity contribution in [1.29, 1.82) is 0 Å². The number of aromatic nitrogens is 2. The Labute approximate surface area is 167 Å². The van der Waals surface area contributed by atoms with Crippen LogP contribution in [0.5, 0.6) is 0 Å². The summed E-state index contributed by atoms with van der Waals surface area (Å²) < 4.78 is 30.4. The summed E-state index contributed by atoms with van der Waals surface area (Å²) in [6.07, 6.45) is 0. The Morgan fingerprint density at radius 3 is 2.21 bits per heavy atom. The molecular formula is C19H20N4O3S2. The van der Waals surface area contributed by atoms with Gasteiger partial charge in [-0.25, -0.2) is 4.68 Å². The lowest BCUT2D eigenvalue weighted by Crippen LogP contribution is -2.27. The molecule has 0 aliphatic heterocycles. The number of hydrogen-bond acceptors (Lipinski definition) is 5. The van der Waals surface area contributed by atoms with Crippen LogP contribution in [-0.2, 0) is 21.4 Å². The third-order valence-corrected chi connectivity index (χ3v) is 6.13. The van der Waals surface area contributed by atoms with Gasteiger partial charge in [0.15, 0.2) is 0 Å². The molecule has 0 aliphatic carbocycles. The molecule has 0 unspecified atom stereocenters.